The van der Waals surface area contributed by atoms with E-state index in [1.165, 1.54) is 36.0 Å². The highest BCUT2D eigenvalue weighted by Gasteiger charge is 2.14. The summed E-state index contributed by atoms with van der Waals surface area (Å²) < 4.78 is 1.84. The van der Waals surface area contributed by atoms with E-state index in [2.05, 4.69) is 10.2 Å². The van der Waals surface area contributed by atoms with Crippen molar-refractivity contribution in [2.45, 2.75) is 15.8 Å². The molecule has 0 amide bonds. The summed E-state index contributed by atoms with van der Waals surface area (Å²) >= 11 is 9.01. The molecule has 7 nitrogen and oxygen atoms in total. The van der Waals surface area contributed by atoms with Crippen LogP contribution in [-0.2, 0) is 12.8 Å². The van der Waals surface area contributed by atoms with Crippen LogP contribution in [0.4, 0.5) is 5.69 Å². The zero-order chi connectivity index (χ0) is 20.1. The van der Waals surface area contributed by atoms with Crippen molar-refractivity contribution in [3.8, 4) is 0 Å². The SMILES string of the molecule is Cn1c(CSc2ccccc2Cl)nnc1SCC(=O)c1ccc([N+](=O)[O-])cc1. The molecule has 0 radical (unpaired) electrons. The van der Waals surface area contributed by atoms with Gasteiger partial charge in [0.15, 0.2) is 10.9 Å². The first-order valence-electron chi connectivity index (χ1n) is 8.11. The summed E-state index contributed by atoms with van der Waals surface area (Å²) in [6, 6.07) is 13.2. The second-order valence-electron chi connectivity index (χ2n) is 5.69. The Balaban J connectivity index is 1.58. The van der Waals surface area contributed by atoms with Crippen LogP contribution in [0.5, 0.6) is 0 Å². The molecule has 1 aromatic heterocycles. The molecular formula is C18H15ClN4O3S2. The number of thioether (sulfide) groups is 2. The van der Waals surface area contributed by atoms with Gasteiger partial charge < -0.3 is 4.57 Å². The number of nitrogens with zero attached hydrogens (tertiary/aromatic N) is 4. The molecule has 3 rings (SSSR count). The van der Waals surface area contributed by atoms with Crippen molar-refractivity contribution in [1.29, 1.82) is 0 Å². The second-order valence-corrected chi connectivity index (χ2v) is 8.06. The maximum atomic E-state index is 12.3. The van der Waals surface area contributed by atoms with Crippen LogP contribution in [0.2, 0.25) is 5.02 Å². The van der Waals surface area contributed by atoms with E-state index in [0.717, 1.165) is 10.7 Å². The first-order valence-corrected chi connectivity index (χ1v) is 10.5. The Labute approximate surface area is 174 Å². The molecule has 28 heavy (non-hydrogen) atoms. The molecule has 0 bridgehead atoms. The number of hydrogen-bond donors (Lipinski definition) is 0. The standard InChI is InChI=1S/C18H15ClN4O3S2/c1-22-17(11-27-16-5-3-2-4-14(16)19)20-21-18(22)28-10-15(24)12-6-8-13(9-7-12)23(25)26/h2-9H,10-11H2,1H3. The van der Waals surface area contributed by atoms with Crippen LogP contribution in [0, 0.1) is 10.1 Å². The number of benzene rings is 2. The van der Waals surface area contributed by atoms with Crippen LogP contribution in [0.1, 0.15) is 16.2 Å². The van der Waals surface area contributed by atoms with E-state index in [9.17, 15) is 14.9 Å². The van der Waals surface area contributed by atoms with Gasteiger partial charge in [-0.2, -0.15) is 0 Å². The number of nitro benzene ring substituents is 1. The topological polar surface area (TPSA) is 90.9 Å². The maximum Gasteiger partial charge on any atom is 0.269 e. The zero-order valence-electron chi connectivity index (χ0n) is 14.7. The molecule has 10 heteroatoms. The molecule has 0 unspecified atom stereocenters. The monoisotopic (exact) mass is 434 g/mol. The predicted molar refractivity (Wildman–Crippen MR) is 110 cm³/mol. The lowest BCUT2D eigenvalue weighted by Gasteiger charge is -2.05. The van der Waals surface area contributed by atoms with E-state index in [4.69, 9.17) is 11.6 Å². The van der Waals surface area contributed by atoms with Crippen LogP contribution in [-0.4, -0.2) is 31.2 Å². The lowest BCUT2D eigenvalue weighted by Crippen LogP contribution is -2.04. The fourth-order valence-corrected chi connectivity index (χ4v) is 4.32. The van der Waals surface area contributed by atoms with Gasteiger partial charge in [-0.3, -0.25) is 14.9 Å². The summed E-state index contributed by atoms with van der Waals surface area (Å²) in [6.45, 7) is 0. The lowest BCUT2D eigenvalue weighted by atomic mass is 10.1. The van der Waals surface area contributed by atoms with Crippen LogP contribution in [0.25, 0.3) is 0 Å². The molecule has 0 saturated carbocycles. The number of Topliss-reactive ketones (excluding diaryl/α,β-unsaturated/α-hetero) is 1. The highest BCUT2D eigenvalue weighted by atomic mass is 35.5. The number of aromatic nitrogens is 3. The number of rotatable bonds is 8. The summed E-state index contributed by atoms with van der Waals surface area (Å²) in [5.41, 5.74) is 0.382. The normalized spacial score (nSPS) is 10.8. The minimum Gasteiger partial charge on any atom is -0.308 e. The highest BCUT2D eigenvalue weighted by molar-refractivity contribution is 7.99. The number of non-ortho nitro benzene ring substituents is 1. The average Bonchev–Trinajstić information content (AvgIpc) is 3.05. The molecule has 0 N–H and O–H groups in total. The van der Waals surface area contributed by atoms with Gasteiger partial charge in [0.05, 0.1) is 21.5 Å². The van der Waals surface area contributed by atoms with Crippen molar-refractivity contribution >= 4 is 46.6 Å². The van der Waals surface area contributed by atoms with Gasteiger partial charge in [-0.1, -0.05) is 35.5 Å². The predicted octanol–water partition coefficient (Wildman–Crippen LogP) is 4.64. The minimum atomic E-state index is -0.495. The van der Waals surface area contributed by atoms with Gasteiger partial charge in [0, 0.05) is 29.6 Å². The van der Waals surface area contributed by atoms with Crippen molar-refractivity contribution in [3.63, 3.8) is 0 Å². The minimum absolute atomic E-state index is 0.0434. The molecule has 3 aromatic rings. The van der Waals surface area contributed by atoms with Crippen LogP contribution < -0.4 is 0 Å². The molecule has 0 atom stereocenters. The first kappa shape index (κ1) is 20.4. The summed E-state index contributed by atoms with van der Waals surface area (Å²) in [4.78, 5) is 23.5. The van der Waals surface area contributed by atoms with Gasteiger partial charge in [-0.15, -0.1) is 22.0 Å². The van der Waals surface area contributed by atoms with Crippen molar-refractivity contribution in [3.05, 3.63) is 75.1 Å². The van der Waals surface area contributed by atoms with Crippen LogP contribution >= 0.6 is 35.1 Å². The Kier molecular flexibility index (Phi) is 6.71. The van der Waals surface area contributed by atoms with E-state index in [1.807, 2.05) is 35.9 Å². The zero-order valence-corrected chi connectivity index (χ0v) is 17.1. The van der Waals surface area contributed by atoms with Gasteiger partial charge >= 0.3 is 0 Å². The molecule has 0 aliphatic carbocycles. The molecular weight excluding hydrogens is 420 g/mol. The van der Waals surface area contributed by atoms with E-state index in [0.29, 0.717) is 21.5 Å². The van der Waals surface area contributed by atoms with Crippen LogP contribution in [0.15, 0.2) is 58.6 Å². The van der Waals surface area contributed by atoms with Crippen LogP contribution in [0.3, 0.4) is 0 Å². The summed E-state index contributed by atoms with van der Waals surface area (Å²) in [6.07, 6.45) is 0. The average molecular weight is 435 g/mol. The van der Waals surface area contributed by atoms with E-state index < -0.39 is 4.92 Å². The number of hydrogen-bond acceptors (Lipinski definition) is 7. The number of carbonyl (C=O) groups is 1. The van der Waals surface area contributed by atoms with Gasteiger partial charge in [-0.05, 0) is 24.3 Å². The smallest absolute Gasteiger partial charge is 0.269 e. The third-order valence-electron chi connectivity index (χ3n) is 3.85. The largest absolute Gasteiger partial charge is 0.308 e. The quantitative estimate of drug-likeness (QED) is 0.220. The van der Waals surface area contributed by atoms with Gasteiger partial charge in [-0.25, -0.2) is 0 Å². The van der Waals surface area contributed by atoms with Crippen molar-refractivity contribution < 1.29 is 9.72 Å². The molecule has 144 valence electrons. The molecule has 0 spiro atoms. The van der Waals surface area contributed by atoms with Gasteiger partial charge in [0.2, 0.25) is 0 Å². The lowest BCUT2D eigenvalue weighted by molar-refractivity contribution is -0.384. The Morgan fingerprint density at radius 2 is 1.86 bits per heavy atom. The summed E-state index contributed by atoms with van der Waals surface area (Å²) in [5.74, 6) is 1.41. The van der Waals surface area contributed by atoms with Gasteiger partial charge in [0.1, 0.15) is 5.82 Å². The Hall–Kier alpha value is -2.36. The maximum absolute atomic E-state index is 12.3. The number of halogens is 1. The molecule has 1 heterocycles. The van der Waals surface area contributed by atoms with E-state index >= 15 is 0 Å². The number of ketones is 1. The Bertz CT molecular complexity index is 1010. The Morgan fingerprint density at radius 1 is 1.14 bits per heavy atom. The molecule has 0 aliphatic rings. The number of nitro groups is 1. The van der Waals surface area contributed by atoms with Gasteiger partial charge in [0.25, 0.3) is 5.69 Å². The van der Waals surface area contributed by atoms with Crippen molar-refractivity contribution in [2.75, 3.05) is 5.75 Å². The molecule has 2 aromatic carbocycles. The molecule has 0 fully saturated rings. The summed E-state index contributed by atoms with van der Waals surface area (Å²) in [7, 11) is 1.85. The molecule has 0 aliphatic heterocycles. The Morgan fingerprint density at radius 3 is 2.54 bits per heavy atom. The van der Waals surface area contributed by atoms with Crippen molar-refractivity contribution in [1.82, 2.24) is 14.8 Å². The first-order chi connectivity index (χ1) is 13.5. The third-order valence-corrected chi connectivity index (χ3v) is 6.38. The molecule has 0 saturated heterocycles. The summed E-state index contributed by atoms with van der Waals surface area (Å²) in [5, 5.41) is 20.3. The van der Waals surface area contributed by atoms with E-state index in [-0.39, 0.29) is 17.2 Å². The highest BCUT2D eigenvalue weighted by Crippen LogP contribution is 2.29. The van der Waals surface area contributed by atoms with Crippen molar-refractivity contribution in [2.24, 2.45) is 7.05 Å². The third kappa shape index (κ3) is 4.92. The number of carbonyl (C=O) groups excluding carboxylic acids is 1. The fraction of sp³-hybridized carbons (Fsp3) is 0.167. The van der Waals surface area contributed by atoms with E-state index in [1.54, 1.807) is 11.8 Å². The fourth-order valence-electron chi connectivity index (χ4n) is 2.28. The second kappa shape index (κ2) is 9.22.